The van der Waals surface area contributed by atoms with Gasteiger partial charge in [0, 0.05) is 17.5 Å². The van der Waals surface area contributed by atoms with Crippen molar-refractivity contribution in [1.29, 1.82) is 0 Å². The second-order valence-electron chi connectivity index (χ2n) is 6.50. The average Bonchev–Trinajstić information content (AvgIpc) is 3.29. The summed E-state index contributed by atoms with van der Waals surface area (Å²) in [7, 11) is 0. The Labute approximate surface area is 173 Å². The van der Waals surface area contributed by atoms with Crippen LogP contribution in [0.3, 0.4) is 0 Å². The van der Waals surface area contributed by atoms with Gasteiger partial charge in [0.1, 0.15) is 23.1 Å². The van der Waals surface area contributed by atoms with Gasteiger partial charge in [0.15, 0.2) is 0 Å². The number of benzene rings is 3. The standard InChI is InChI=1S/C24H20N2O2S/c27-23(22-17-29-24(26-22)20-9-5-2-6-10-20)25-15-18-11-13-21(14-12-18)28-16-19-7-3-1-4-8-19/h1-14,17H,15-16H2,(H,25,27). The maximum atomic E-state index is 12.4. The highest BCUT2D eigenvalue weighted by Crippen LogP contribution is 2.23. The number of thiazole rings is 1. The summed E-state index contributed by atoms with van der Waals surface area (Å²) < 4.78 is 5.79. The van der Waals surface area contributed by atoms with Gasteiger partial charge in [0.25, 0.3) is 5.91 Å². The third kappa shape index (κ3) is 5.09. The molecule has 3 aromatic carbocycles. The minimum Gasteiger partial charge on any atom is -0.489 e. The van der Waals surface area contributed by atoms with E-state index < -0.39 is 0 Å². The Morgan fingerprint density at radius 3 is 2.28 bits per heavy atom. The first kappa shape index (κ1) is 18.9. The van der Waals surface area contributed by atoms with Crippen LogP contribution in [0.4, 0.5) is 0 Å². The molecular weight excluding hydrogens is 380 g/mol. The van der Waals surface area contributed by atoms with Crippen LogP contribution in [0, 0.1) is 0 Å². The molecule has 0 saturated heterocycles. The lowest BCUT2D eigenvalue weighted by Crippen LogP contribution is -2.23. The van der Waals surface area contributed by atoms with Crippen molar-refractivity contribution in [3.05, 3.63) is 107 Å². The van der Waals surface area contributed by atoms with Crippen molar-refractivity contribution in [2.75, 3.05) is 0 Å². The molecule has 1 heterocycles. The zero-order valence-electron chi connectivity index (χ0n) is 15.7. The Kier molecular flexibility index (Phi) is 5.98. The predicted octanol–water partition coefficient (Wildman–Crippen LogP) is 5.32. The van der Waals surface area contributed by atoms with E-state index in [0.717, 1.165) is 27.4 Å². The van der Waals surface area contributed by atoms with E-state index in [-0.39, 0.29) is 5.91 Å². The van der Waals surface area contributed by atoms with Crippen molar-refractivity contribution in [3.8, 4) is 16.3 Å². The maximum absolute atomic E-state index is 12.4. The smallest absolute Gasteiger partial charge is 0.271 e. The van der Waals surface area contributed by atoms with Gasteiger partial charge in [0.2, 0.25) is 0 Å². The molecule has 1 N–H and O–H groups in total. The lowest BCUT2D eigenvalue weighted by Gasteiger charge is -2.08. The Balaban J connectivity index is 1.30. The van der Waals surface area contributed by atoms with Gasteiger partial charge in [0.05, 0.1) is 0 Å². The van der Waals surface area contributed by atoms with Crippen LogP contribution >= 0.6 is 11.3 Å². The summed E-state index contributed by atoms with van der Waals surface area (Å²) in [6, 6.07) is 27.7. The fourth-order valence-corrected chi connectivity index (χ4v) is 3.61. The number of carbonyl (C=O) groups is 1. The molecule has 5 heteroatoms. The third-order valence-corrected chi connectivity index (χ3v) is 5.27. The minimum atomic E-state index is -0.173. The molecule has 1 amide bonds. The van der Waals surface area contributed by atoms with E-state index in [0.29, 0.717) is 18.8 Å². The fraction of sp³-hybridized carbons (Fsp3) is 0.0833. The van der Waals surface area contributed by atoms with E-state index in [2.05, 4.69) is 10.3 Å². The van der Waals surface area contributed by atoms with Crippen LogP contribution in [0.15, 0.2) is 90.3 Å². The second kappa shape index (κ2) is 9.17. The molecule has 0 aliphatic rings. The molecule has 0 aliphatic heterocycles. The summed E-state index contributed by atoms with van der Waals surface area (Å²) in [6.07, 6.45) is 0. The highest BCUT2D eigenvalue weighted by Gasteiger charge is 2.11. The highest BCUT2D eigenvalue weighted by atomic mass is 32.1. The van der Waals surface area contributed by atoms with Crippen LogP contribution in [0.5, 0.6) is 5.75 Å². The fourth-order valence-electron chi connectivity index (χ4n) is 2.81. The molecule has 0 aliphatic carbocycles. The number of rotatable bonds is 7. The average molecular weight is 401 g/mol. The van der Waals surface area contributed by atoms with Crippen molar-refractivity contribution < 1.29 is 9.53 Å². The SMILES string of the molecule is O=C(NCc1ccc(OCc2ccccc2)cc1)c1csc(-c2ccccc2)n1. The Hall–Kier alpha value is -3.44. The first-order valence-electron chi connectivity index (χ1n) is 9.33. The molecule has 29 heavy (non-hydrogen) atoms. The van der Waals surface area contributed by atoms with Gasteiger partial charge < -0.3 is 10.1 Å². The number of aromatic nitrogens is 1. The molecule has 0 atom stereocenters. The molecule has 0 radical (unpaired) electrons. The first-order valence-corrected chi connectivity index (χ1v) is 10.2. The summed E-state index contributed by atoms with van der Waals surface area (Å²) in [5.74, 6) is 0.628. The van der Waals surface area contributed by atoms with Gasteiger partial charge in [-0.2, -0.15) is 0 Å². The van der Waals surface area contributed by atoms with Gasteiger partial charge >= 0.3 is 0 Å². The van der Waals surface area contributed by atoms with Crippen LogP contribution in [0.2, 0.25) is 0 Å². The number of hydrogen-bond acceptors (Lipinski definition) is 4. The largest absolute Gasteiger partial charge is 0.489 e. The second-order valence-corrected chi connectivity index (χ2v) is 7.36. The van der Waals surface area contributed by atoms with E-state index in [1.807, 2.05) is 84.9 Å². The van der Waals surface area contributed by atoms with Gasteiger partial charge in [-0.25, -0.2) is 4.98 Å². The zero-order chi connectivity index (χ0) is 19.9. The normalized spacial score (nSPS) is 10.5. The highest BCUT2D eigenvalue weighted by molar-refractivity contribution is 7.13. The van der Waals surface area contributed by atoms with E-state index in [9.17, 15) is 4.79 Å². The number of amides is 1. The summed E-state index contributed by atoms with van der Waals surface area (Å²) in [4.78, 5) is 16.8. The van der Waals surface area contributed by atoms with Crippen molar-refractivity contribution in [1.82, 2.24) is 10.3 Å². The lowest BCUT2D eigenvalue weighted by atomic mass is 10.2. The molecule has 4 rings (SSSR count). The molecule has 1 aromatic heterocycles. The molecule has 0 saturated carbocycles. The summed E-state index contributed by atoms with van der Waals surface area (Å²) >= 11 is 1.47. The summed E-state index contributed by atoms with van der Waals surface area (Å²) in [5.41, 5.74) is 3.59. The Morgan fingerprint density at radius 2 is 1.55 bits per heavy atom. The lowest BCUT2D eigenvalue weighted by molar-refractivity contribution is 0.0946. The monoisotopic (exact) mass is 400 g/mol. The van der Waals surface area contributed by atoms with E-state index in [1.54, 1.807) is 5.38 Å². The summed E-state index contributed by atoms with van der Waals surface area (Å²) in [6.45, 7) is 0.973. The molecule has 0 bridgehead atoms. The number of nitrogens with one attached hydrogen (secondary N) is 1. The van der Waals surface area contributed by atoms with E-state index >= 15 is 0 Å². The Morgan fingerprint density at radius 1 is 0.862 bits per heavy atom. The third-order valence-electron chi connectivity index (χ3n) is 4.38. The number of ether oxygens (including phenoxy) is 1. The molecule has 0 spiro atoms. The van der Waals surface area contributed by atoms with Gasteiger partial charge in [-0.05, 0) is 23.3 Å². The van der Waals surface area contributed by atoms with Gasteiger partial charge in [-0.15, -0.1) is 11.3 Å². The number of nitrogens with zero attached hydrogens (tertiary/aromatic N) is 1. The van der Waals surface area contributed by atoms with Crippen LogP contribution in [-0.4, -0.2) is 10.9 Å². The molecule has 4 aromatic rings. The predicted molar refractivity (Wildman–Crippen MR) is 116 cm³/mol. The Bertz CT molecular complexity index is 1060. The van der Waals surface area contributed by atoms with Crippen molar-refractivity contribution in [2.24, 2.45) is 0 Å². The van der Waals surface area contributed by atoms with Crippen LogP contribution in [0.25, 0.3) is 10.6 Å². The van der Waals surface area contributed by atoms with Crippen molar-refractivity contribution in [2.45, 2.75) is 13.2 Å². The molecule has 144 valence electrons. The van der Waals surface area contributed by atoms with Crippen molar-refractivity contribution in [3.63, 3.8) is 0 Å². The zero-order valence-corrected chi connectivity index (χ0v) is 16.6. The maximum Gasteiger partial charge on any atom is 0.271 e. The molecular formula is C24H20N2O2S. The molecule has 0 fully saturated rings. The molecule has 4 nitrogen and oxygen atoms in total. The van der Waals surface area contributed by atoms with Crippen LogP contribution < -0.4 is 10.1 Å². The summed E-state index contributed by atoms with van der Waals surface area (Å²) in [5, 5.41) is 5.55. The number of carbonyl (C=O) groups excluding carboxylic acids is 1. The van der Waals surface area contributed by atoms with Crippen LogP contribution in [-0.2, 0) is 13.2 Å². The van der Waals surface area contributed by atoms with Gasteiger partial charge in [-0.3, -0.25) is 4.79 Å². The first-order chi connectivity index (χ1) is 14.3. The van der Waals surface area contributed by atoms with Gasteiger partial charge in [-0.1, -0.05) is 72.8 Å². The number of hydrogen-bond donors (Lipinski definition) is 1. The van der Waals surface area contributed by atoms with E-state index in [4.69, 9.17) is 4.74 Å². The quantitative estimate of drug-likeness (QED) is 0.457. The van der Waals surface area contributed by atoms with Crippen LogP contribution in [0.1, 0.15) is 21.6 Å². The van der Waals surface area contributed by atoms with Crippen molar-refractivity contribution >= 4 is 17.2 Å². The topological polar surface area (TPSA) is 51.2 Å². The minimum absolute atomic E-state index is 0.173. The molecule has 0 unspecified atom stereocenters. The van der Waals surface area contributed by atoms with E-state index in [1.165, 1.54) is 11.3 Å².